The molecule has 1 N–H and O–H groups in total. The van der Waals surface area contributed by atoms with Crippen molar-refractivity contribution < 1.29 is 14.1 Å². The number of rotatable bonds is 3. The van der Waals surface area contributed by atoms with Crippen molar-refractivity contribution >= 4 is 11.9 Å². The first kappa shape index (κ1) is 13.3. The summed E-state index contributed by atoms with van der Waals surface area (Å²) < 4.78 is 4.95. The first-order valence-corrected chi connectivity index (χ1v) is 6.47. The van der Waals surface area contributed by atoms with Gasteiger partial charge in [-0.1, -0.05) is 5.16 Å². The molecular weight excluding hydrogens is 272 g/mol. The minimum atomic E-state index is -1.08. The van der Waals surface area contributed by atoms with Crippen LogP contribution in [0.2, 0.25) is 0 Å². The van der Waals surface area contributed by atoms with E-state index in [1.165, 1.54) is 0 Å². The summed E-state index contributed by atoms with van der Waals surface area (Å²) in [4.78, 5) is 29.8. The number of pyridine rings is 1. The lowest BCUT2D eigenvalue weighted by molar-refractivity contribution is -0.131. The van der Waals surface area contributed by atoms with Crippen molar-refractivity contribution in [2.45, 2.75) is 25.9 Å². The number of hydrogen-bond donors (Lipinski definition) is 1. The fourth-order valence-electron chi connectivity index (χ4n) is 2.38. The third-order valence-corrected chi connectivity index (χ3v) is 3.53. The van der Waals surface area contributed by atoms with E-state index in [-0.39, 0.29) is 12.5 Å². The Morgan fingerprint density at radius 3 is 2.67 bits per heavy atom. The van der Waals surface area contributed by atoms with E-state index in [4.69, 9.17) is 4.52 Å². The number of amides is 3. The maximum atomic E-state index is 12.6. The topological polar surface area (TPSA) is 88.3 Å². The lowest BCUT2D eigenvalue weighted by atomic mass is 9.93. The van der Waals surface area contributed by atoms with E-state index in [2.05, 4.69) is 15.5 Å². The largest absolute Gasteiger partial charge is 0.361 e. The van der Waals surface area contributed by atoms with E-state index < -0.39 is 11.6 Å². The van der Waals surface area contributed by atoms with Crippen LogP contribution in [0.3, 0.4) is 0 Å². The highest BCUT2D eigenvalue weighted by molar-refractivity contribution is 6.07. The average molecular weight is 286 g/mol. The Morgan fingerprint density at radius 1 is 1.33 bits per heavy atom. The van der Waals surface area contributed by atoms with Crippen molar-refractivity contribution in [3.05, 3.63) is 47.6 Å². The molecule has 3 amide bonds. The van der Waals surface area contributed by atoms with Gasteiger partial charge in [-0.15, -0.1) is 0 Å². The van der Waals surface area contributed by atoms with Crippen LogP contribution >= 0.6 is 0 Å². The van der Waals surface area contributed by atoms with Crippen LogP contribution in [-0.4, -0.2) is 27.0 Å². The minimum absolute atomic E-state index is 0.0860. The van der Waals surface area contributed by atoms with Crippen LogP contribution in [0.5, 0.6) is 0 Å². The second kappa shape index (κ2) is 4.69. The average Bonchev–Trinajstić information content (AvgIpc) is 2.98. The normalized spacial score (nSPS) is 21.7. The number of carbonyl (C=O) groups is 2. The molecule has 0 spiro atoms. The lowest BCUT2D eigenvalue weighted by Gasteiger charge is -2.21. The van der Waals surface area contributed by atoms with Crippen molar-refractivity contribution in [1.29, 1.82) is 0 Å². The van der Waals surface area contributed by atoms with Crippen LogP contribution in [0.25, 0.3) is 0 Å². The number of aromatic nitrogens is 2. The van der Waals surface area contributed by atoms with Gasteiger partial charge < -0.3 is 9.84 Å². The Balaban J connectivity index is 1.88. The number of carbonyl (C=O) groups excluding carboxylic acids is 2. The highest BCUT2D eigenvalue weighted by Gasteiger charge is 2.49. The van der Waals surface area contributed by atoms with Crippen molar-refractivity contribution in [3.8, 4) is 0 Å². The number of nitrogens with one attached hydrogen (secondary N) is 1. The molecule has 2 aromatic heterocycles. The van der Waals surface area contributed by atoms with Gasteiger partial charge in [-0.3, -0.25) is 14.7 Å². The SMILES string of the molecule is Cc1cc(CN2C(=O)NC(C)(c3ccncc3)C2=O)no1. The van der Waals surface area contributed by atoms with Gasteiger partial charge in [0.1, 0.15) is 17.0 Å². The molecule has 1 aliphatic rings. The molecule has 1 aliphatic heterocycles. The molecular formula is C14H14N4O3. The van der Waals surface area contributed by atoms with Gasteiger partial charge in [0.25, 0.3) is 5.91 Å². The van der Waals surface area contributed by atoms with E-state index in [1.54, 1.807) is 44.4 Å². The van der Waals surface area contributed by atoms with Gasteiger partial charge in [0.05, 0.1) is 6.54 Å². The molecule has 2 aromatic rings. The Hall–Kier alpha value is -2.70. The molecule has 21 heavy (non-hydrogen) atoms. The zero-order chi connectivity index (χ0) is 15.0. The summed E-state index contributed by atoms with van der Waals surface area (Å²) in [5, 5.41) is 6.53. The van der Waals surface area contributed by atoms with Crippen molar-refractivity contribution in [1.82, 2.24) is 20.4 Å². The Morgan fingerprint density at radius 2 is 2.05 bits per heavy atom. The predicted molar refractivity (Wildman–Crippen MR) is 71.9 cm³/mol. The summed E-state index contributed by atoms with van der Waals surface area (Å²) in [5.41, 5.74) is 0.142. The molecule has 0 aromatic carbocycles. The molecule has 0 radical (unpaired) electrons. The highest BCUT2D eigenvalue weighted by atomic mass is 16.5. The zero-order valence-electron chi connectivity index (χ0n) is 11.7. The summed E-state index contributed by atoms with van der Waals surface area (Å²) in [5.74, 6) is 0.313. The fraction of sp³-hybridized carbons (Fsp3) is 0.286. The van der Waals surface area contributed by atoms with Gasteiger partial charge in [0.2, 0.25) is 0 Å². The Kier molecular flexibility index (Phi) is 2.97. The standard InChI is InChI=1S/C14H14N4O3/c1-9-7-11(17-21-9)8-18-12(19)14(2,16-13(18)20)10-3-5-15-6-4-10/h3-7H,8H2,1-2H3,(H,16,20). The monoisotopic (exact) mass is 286 g/mol. The molecule has 7 heteroatoms. The third kappa shape index (κ3) is 2.16. The lowest BCUT2D eigenvalue weighted by Crippen LogP contribution is -2.40. The number of imide groups is 1. The Bertz CT molecular complexity index is 697. The molecule has 1 fully saturated rings. The molecule has 0 aliphatic carbocycles. The van der Waals surface area contributed by atoms with E-state index in [1.807, 2.05) is 0 Å². The summed E-state index contributed by atoms with van der Waals surface area (Å²) in [6.07, 6.45) is 3.17. The van der Waals surface area contributed by atoms with Crippen LogP contribution < -0.4 is 5.32 Å². The van der Waals surface area contributed by atoms with Crippen LogP contribution in [-0.2, 0) is 16.9 Å². The van der Waals surface area contributed by atoms with Gasteiger partial charge in [-0.05, 0) is 31.5 Å². The van der Waals surface area contributed by atoms with Crippen LogP contribution in [0.15, 0.2) is 35.1 Å². The molecule has 3 rings (SSSR count). The minimum Gasteiger partial charge on any atom is -0.361 e. The summed E-state index contributed by atoms with van der Waals surface area (Å²) in [7, 11) is 0. The summed E-state index contributed by atoms with van der Waals surface area (Å²) in [6, 6.07) is 4.67. The molecule has 1 saturated heterocycles. The van der Waals surface area contributed by atoms with Gasteiger partial charge in [-0.25, -0.2) is 4.79 Å². The number of hydrogen-bond acceptors (Lipinski definition) is 5. The van der Waals surface area contributed by atoms with Gasteiger partial charge in [-0.2, -0.15) is 0 Å². The van der Waals surface area contributed by atoms with Crippen molar-refractivity contribution in [2.24, 2.45) is 0 Å². The van der Waals surface area contributed by atoms with E-state index in [0.29, 0.717) is 17.0 Å². The van der Waals surface area contributed by atoms with E-state index >= 15 is 0 Å². The number of urea groups is 1. The maximum Gasteiger partial charge on any atom is 0.325 e. The van der Waals surface area contributed by atoms with Crippen molar-refractivity contribution in [3.63, 3.8) is 0 Å². The molecule has 3 heterocycles. The molecule has 0 saturated carbocycles. The maximum absolute atomic E-state index is 12.6. The quantitative estimate of drug-likeness (QED) is 0.860. The molecule has 108 valence electrons. The second-order valence-corrected chi connectivity index (χ2v) is 5.11. The molecule has 0 bridgehead atoms. The first-order valence-electron chi connectivity index (χ1n) is 6.47. The summed E-state index contributed by atoms with van der Waals surface area (Å²) in [6.45, 7) is 3.52. The van der Waals surface area contributed by atoms with Gasteiger partial charge in [0, 0.05) is 18.5 Å². The molecule has 1 atom stereocenters. The zero-order valence-corrected chi connectivity index (χ0v) is 11.7. The number of nitrogens with zero attached hydrogens (tertiary/aromatic N) is 3. The smallest absolute Gasteiger partial charge is 0.325 e. The van der Waals surface area contributed by atoms with E-state index in [0.717, 1.165) is 4.90 Å². The van der Waals surface area contributed by atoms with Crippen LogP contribution in [0, 0.1) is 6.92 Å². The van der Waals surface area contributed by atoms with Crippen LogP contribution in [0.1, 0.15) is 23.9 Å². The highest BCUT2D eigenvalue weighted by Crippen LogP contribution is 2.29. The molecule has 7 nitrogen and oxygen atoms in total. The van der Waals surface area contributed by atoms with E-state index in [9.17, 15) is 9.59 Å². The predicted octanol–water partition coefficient (Wildman–Crippen LogP) is 1.35. The van der Waals surface area contributed by atoms with Crippen molar-refractivity contribution in [2.75, 3.05) is 0 Å². The van der Waals surface area contributed by atoms with Crippen LogP contribution in [0.4, 0.5) is 4.79 Å². The Labute approximate surface area is 120 Å². The number of aryl methyl sites for hydroxylation is 1. The molecule has 1 unspecified atom stereocenters. The summed E-state index contributed by atoms with van der Waals surface area (Å²) >= 11 is 0. The van der Waals surface area contributed by atoms with Gasteiger partial charge in [0.15, 0.2) is 0 Å². The second-order valence-electron chi connectivity index (χ2n) is 5.11. The third-order valence-electron chi connectivity index (χ3n) is 3.53. The first-order chi connectivity index (χ1) is 10.0. The fourth-order valence-corrected chi connectivity index (χ4v) is 2.38. The van der Waals surface area contributed by atoms with Gasteiger partial charge >= 0.3 is 6.03 Å².